The second kappa shape index (κ2) is 12.4. The third kappa shape index (κ3) is 4.62. The van der Waals surface area contributed by atoms with Gasteiger partial charge in [-0.15, -0.1) is 0 Å². The zero-order valence-electron chi connectivity index (χ0n) is 33.6. The first kappa shape index (κ1) is 33.7. The molecule has 8 aromatic carbocycles. The maximum absolute atomic E-state index is 5.20. The monoisotopic (exact) mass is 764 g/mol. The minimum Gasteiger partial charge on any atom is -0.292 e. The molecule has 0 fully saturated rings. The summed E-state index contributed by atoms with van der Waals surface area (Å²) < 4.78 is 2.28. The third-order valence-corrected chi connectivity index (χ3v) is 13.9. The van der Waals surface area contributed by atoms with Gasteiger partial charge in [0, 0.05) is 22.6 Å². The number of benzene rings is 8. The molecule has 0 N–H and O–H groups in total. The van der Waals surface area contributed by atoms with E-state index in [0.717, 1.165) is 34.5 Å². The number of para-hydroxylation sites is 3. The Kier molecular flexibility index (Phi) is 6.94. The number of allylic oxidation sites excluding steroid dienone is 7. The molecule has 9 aromatic rings. The van der Waals surface area contributed by atoms with Crippen LogP contribution in [0.1, 0.15) is 47.6 Å². The summed E-state index contributed by atoms with van der Waals surface area (Å²) in [5, 5.41) is 5.13. The Balaban J connectivity index is 1.08. The molecule has 0 amide bonds. The summed E-state index contributed by atoms with van der Waals surface area (Å²) in [6, 6.07) is 56.3. The van der Waals surface area contributed by atoms with Crippen molar-refractivity contribution in [3.63, 3.8) is 0 Å². The van der Waals surface area contributed by atoms with Gasteiger partial charge in [0.25, 0.3) is 0 Å². The smallest absolute Gasteiger partial charge is 0.145 e. The molecule has 1 unspecified atom stereocenters. The lowest BCUT2D eigenvalue weighted by atomic mass is 9.69. The predicted molar refractivity (Wildman–Crippen MR) is 251 cm³/mol. The fourth-order valence-electron chi connectivity index (χ4n) is 11.1. The maximum atomic E-state index is 5.20. The summed E-state index contributed by atoms with van der Waals surface area (Å²) in [5.74, 6) is 1.23. The summed E-state index contributed by atoms with van der Waals surface area (Å²) in [7, 11) is 0. The van der Waals surface area contributed by atoms with Crippen LogP contribution in [0.5, 0.6) is 0 Å². The summed E-state index contributed by atoms with van der Waals surface area (Å²) in [6.07, 6.45) is 15.0. The highest BCUT2D eigenvalue weighted by Crippen LogP contribution is 2.55. The lowest BCUT2D eigenvalue weighted by Gasteiger charge is -2.34. The molecule has 1 heterocycles. The highest BCUT2D eigenvalue weighted by Gasteiger charge is 2.37. The van der Waals surface area contributed by atoms with Crippen LogP contribution in [0, 0.1) is 0 Å². The molecule has 4 aliphatic rings. The van der Waals surface area contributed by atoms with Crippen LogP contribution in [0.15, 0.2) is 193 Å². The number of imidazole rings is 1. The second-order valence-electron chi connectivity index (χ2n) is 17.4. The zero-order valence-corrected chi connectivity index (χ0v) is 33.6. The van der Waals surface area contributed by atoms with Gasteiger partial charge >= 0.3 is 0 Å². The molecule has 0 aliphatic heterocycles. The van der Waals surface area contributed by atoms with Crippen molar-refractivity contribution in [2.75, 3.05) is 0 Å². The molecule has 282 valence electrons. The molecule has 0 spiro atoms. The van der Waals surface area contributed by atoms with Gasteiger partial charge in [0.05, 0.1) is 11.0 Å². The average molecular weight is 765 g/mol. The normalized spacial score (nSPS) is 16.5. The molecule has 0 radical (unpaired) electrons. The number of fused-ring (bicyclic) bond motifs is 6. The molecule has 1 aromatic heterocycles. The van der Waals surface area contributed by atoms with Gasteiger partial charge in [-0.25, -0.2) is 4.98 Å². The molecule has 2 nitrogen and oxygen atoms in total. The minimum absolute atomic E-state index is 0.132. The lowest BCUT2D eigenvalue weighted by Crippen LogP contribution is -2.18. The van der Waals surface area contributed by atoms with Crippen LogP contribution in [0.4, 0.5) is 0 Å². The van der Waals surface area contributed by atoms with Crippen molar-refractivity contribution in [3.05, 3.63) is 221 Å². The van der Waals surface area contributed by atoms with Crippen molar-refractivity contribution in [1.82, 2.24) is 9.55 Å². The van der Waals surface area contributed by atoms with Crippen molar-refractivity contribution in [1.29, 1.82) is 0 Å². The Labute approximate surface area is 349 Å². The SMILES string of the molecule is CC1(C)c2ccccc2-c2cc3c(-c4ccc(-c5nc6ccccc6n5-c5ccccc5)cc4)c4ccccc4c(-c4ccc5c6c4C=CC4=CC=CC(=CC5)C46)c3cc21. The average Bonchev–Trinajstić information content (AvgIpc) is 3.79. The van der Waals surface area contributed by atoms with Gasteiger partial charge in [-0.2, -0.15) is 0 Å². The van der Waals surface area contributed by atoms with E-state index in [2.05, 4.69) is 207 Å². The standard InChI is InChI=1S/C58H40N2/c1-58(2)49-20-9-8-17-41(49)46-33-47-48(34-50(46)58)56(45-32-30-38-24-23-35-13-12-14-36-29-31-44(45)55(38)53(35)36)43-19-7-6-18-42(43)54(47)37-25-27-39(28-26-37)57-59-51-21-10-11-22-52(51)60(57)40-15-4-3-5-16-40/h3-23,25-34,53H,24H2,1-2H3. The summed E-state index contributed by atoms with van der Waals surface area (Å²) >= 11 is 0. The molecule has 0 saturated heterocycles. The van der Waals surface area contributed by atoms with Crippen LogP contribution in [0.2, 0.25) is 0 Å². The van der Waals surface area contributed by atoms with Gasteiger partial charge in [-0.1, -0.05) is 166 Å². The third-order valence-electron chi connectivity index (χ3n) is 13.9. The highest BCUT2D eigenvalue weighted by atomic mass is 15.1. The maximum Gasteiger partial charge on any atom is 0.145 e. The molecule has 2 heteroatoms. The van der Waals surface area contributed by atoms with Crippen LogP contribution >= 0.6 is 0 Å². The second-order valence-corrected chi connectivity index (χ2v) is 17.4. The fraction of sp³-hybridized carbons (Fsp3) is 0.0862. The lowest BCUT2D eigenvalue weighted by molar-refractivity contribution is 0.661. The van der Waals surface area contributed by atoms with E-state index in [9.17, 15) is 0 Å². The van der Waals surface area contributed by atoms with E-state index >= 15 is 0 Å². The van der Waals surface area contributed by atoms with Gasteiger partial charge in [-0.3, -0.25) is 4.57 Å². The van der Waals surface area contributed by atoms with Crippen molar-refractivity contribution in [2.45, 2.75) is 31.6 Å². The topological polar surface area (TPSA) is 17.8 Å². The zero-order chi connectivity index (χ0) is 39.7. The van der Waals surface area contributed by atoms with E-state index in [1.165, 1.54) is 93.9 Å². The van der Waals surface area contributed by atoms with Crippen LogP contribution in [0.25, 0.3) is 89.1 Å². The van der Waals surface area contributed by atoms with Crippen molar-refractivity contribution in [3.8, 4) is 50.5 Å². The first-order chi connectivity index (χ1) is 29.5. The molecule has 0 bridgehead atoms. The molecule has 0 saturated carbocycles. The number of hydrogen-bond donors (Lipinski definition) is 0. The molecule has 13 rings (SSSR count). The number of nitrogens with zero attached hydrogens (tertiary/aromatic N) is 2. The highest BCUT2D eigenvalue weighted by molar-refractivity contribution is 6.23. The van der Waals surface area contributed by atoms with Crippen LogP contribution in [-0.2, 0) is 11.8 Å². The van der Waals surface area contributed by atoms with E-state index in [0.29, 0.717) is 5.92 Å². The van der Waals surface area contributed by atoms with Gasteiger partial charge in [0.2, 0.25) is 0 Å². The summed E-state index contributed by atoms with van der Waals surface area (Å²) in [4.78, 5) is 5.20. The van der Waals surface area contributed by atoms with E-state index in [1.807, 2.05) is 0 Å². The molecule has 1 atom stereocenters. The Morgan fingerprint density at radius 3 is 2.17 bits per heavy atom. The Bertz CT molecular complexity index is 3460. The largest absolute Gasteiger partial charge is 0.292 e. The molecular formula is C58H40N2. The predicted octanol–water partition coefficient (Wildman–Crippen LogP) is 14.7. The van der Waals surface area contributed by atoms with Crippen molar-refractivity contribution >= 4 is 38.7 Å². The Hall–Kier alpha value is -7.29. The first-order valence-electron chi connectivity index (χ1n) is 21.2. The van der Waals surface area contributed by atoms with E-state index < -0.39 is 0 Å². The van der Waals surface area contributed by atoms with Gasteiger partial charge in [0.15, 0.2) is 0 Å². The number of rotatable bonds is 4. The number of hydrogen-bond acceptors (Lipinski definition) is 1. The van der Waals surface area contributed by atoms with E-state index in [-0.39, 0.29) is 5.41 Å². The molecular weight excluding hydrogens is 725 g/mol. The van der Waals surface area contributed by atoms with Crippen molar-refractivity contribution in [2.24, 2.45) is 0 Å². The number of aromatic nitrogens is 2. The van der Waals surface area contributed by atoms with Crippen LogP contribution in [0.3, 0.4) is 0 Å². The minimum atomic E-state index is -0.132. The van der Waals surface area contributed by atoms with Gasteiger partial charge in [0.1, 0.15) is 5.82 Å². The van der Waals surface area contributed by atoms with Crippen LogP contribution < -0.4 is 0 Å². The molecule has 4 aliphatic carbocycles. The van der Waals surface area contributed by atoms with Gasteiger partial charge in [-0.05, 0) is 137 Å². The first-order valence-corrected chi connectivity index (χ1v) is 21.2. The Morgan fingerprint density at radius 1 is 0.567 bits per heavy atom. The van der Waals surface area contributed by atoms with Crippen molar-refractivity contribution < 1.29 is 0 Å². The molecule has 60 heavy (non-hydrogen) atoms. The van der Waals surface area contributed by atoms with E-state index in [4.69, 9.17) is 4.98 Å². The fourth-order valence-corrected chi connectivity index (χ4v) is 11.1. The summed E-state index contributed by atoms with van der Waals surface area (Å²) in [5.41, 5.74) is 21.8. The summed E-state index contributed by atoms with van der Waals surface area (Å²) in [6.45, 7) is 4.80. The van der Waals surface area contributed by atoms with Gasteiger partial charge < -0.3 is 0 Å². The Morgan fingerprint density at radius 2 is 1.30 bits per heavy atom. The quantitative estimate of drug-likeness (QED) is 0.163. The van der Waals surface area contributed by atoms with Crippen LogP contribution in [-0.4, -0.2) is 9.55 Å². The van der Waals surface area contributed by atoms with E-state index in [1.54, 1.807) is 0 Å².